The summed E-state index contributed by atoms with van der Waals surface area (Å²) in [7, 11) is -3.55. The Kier molecular flexibility index (Phi) is 7.52. The highest BCUT2D eigenvalue weighted by molar-refractivity contribution is 7.89. The Hall–Kier alpha value is -2.52. The Balaban J connectivity index is 1.48. The van der Waals surface area contributed by atoms with Crippen LogP contribution in [0.15, 0.2) is 35.2 Å². The van der Waals surface area contributed by atoms with Crippen molar-refractivity contribution in [3.05, 3.63) is 35.9 Å². The van der Waals surface area contributed by atoms with Gasteiger partial charge in [-0.3, -0.25) is 4.79 Å². The fraction of sp³-hybridized carbons (Fsp3) is 0.560. The van der Waals surface area contributed by atoms with Gasteiger partial charge in [0.25, 0.3) is 0 Å². The minimum absolute atomic E-state index is 0.0560. The maximum atomic E-state index is 13.3. The first-order chi connectivity index (χ1) is 16.3. The van der Waals surface area contributed by atoms with Crippen LogP contribution in [0.1, 0.15) is 45.1 Å². The fourth-order valence-electron chi connectivity index (χ4n) is 4.65. The van der Waals surface area contributed by atoms with Gasteiger partial charge in [0, 0.05) is 31.7 Å². The maximum Gasteiger partial charge on any atom is 0.309 e. The van der Waals surface area contributed by atoms with Gasteiger partial charge in [-0.05, 0) is 69.2 Å². The average Bonchev–Trinajstić information content (AvgIpc) is 2.85. The number of benzene rings is 1. The third-order valence-electron chi connectivity index (χ3n) is 6.93. The normalized spacial score (nSPS) is 18.7. The number of carbonyl (C=O) groups excluding carboxylic acids is 1. The number of aromatic nitrogens is 2. The van der Waals surface area contributed by atoms with Gasteiger partial charge in [-0.25, -0.2) is 8.42 Å². The number of ether oxygens (including phenoxy) is 1. The summed E-state index contributed by atoms with van der Waals surface area (Å²) in [4.78, 5) is 14.4. The van der Waals surface area contributed by atoms with Gasteiger partial charge in [0.15, 0.2) is 5.82 Å². The van der Waals surface area contributed by atoms with Crippen molar-refractivity contribution in [2.75, 3.05) is 37.7 Å². The van der Waals surface area contributed by atoms with Crippen molar-refractivity contribution in [3.63, 3.8) is 0 Å². The number of sulfonamides is 1. The largest absolute Gasteiger partial charge is 0.466 e. The Morgan fingerprint density at radius 3 is 2.35 bits per heavy atom. The molecule has 9 heteroatoms. The topological polar surface area (TPSA) is 92.7 Å². The first-order valence-electron chi connectivity index (χ1n) is 12.2. The average molecular weight is 487 g/mol. The van der Waals surface area contributed by atoms with Gasteiger partial charge in [0.1, 0.15) is 0 Å². The van der Waals surface area contributed by atoms with Gasteiger partial charge in [-0.2, -0.15) is 4.31 Å². The van der Waals surface area contributed by atoms with Crippen molar-refractivity contribution in [2.45, 2.75) is 51.3 Å². The van der Waals surface area contributed by atoms with E-state index in [9.17, 15) is 13.2 Å². The molecule has 2 fully saturated rings. The van der Waals surface area contributed by atoms with Crippen molar-refractivity contribution in [2.24, 2.45) is 11.8 Å². The van der Waals surface area contributed by atoms with E-state index in [1.807, 2.05) is 38.1 Å². The number of nitrogens with zero attached hydrogens (tertiary/aromatic N) is 4. The predicted octanol–water partition coefficient (Wildman–Crippen LogP) is 3.65. The van der Waals surface area contributed by atoms with Crippen molar-refractivity contribution < 1.29 is 17.9 Å². The third kappa shape index (κ3) is 5.25. The molecule has 0 unspecified atom stereocenters. The van der Waals surface area contributed by atoms with E-state index in [1.165, 1.54) is 0 Å². The van der Waals surface area contributed by atoms with E-state index in [0.29, 0.717) is 36.2 Å². The molecule has 1 aromatic carbocycles. The molecule has 4 rings (SSSR count). The highest BCUT2D eigenvalue weighted by Crippen LogP contribution is 2.29. The SMILES string of the molecule is CCOC(=O)C1CCN(c2ccc(-c3ccc(C)c(S(=O)(=O)N4CCC(C)CC4)c3)nn2)CC1. The molecule has 0 N–H and O–H groups in total. The van der Waals surface area contributed by atoms with Crippen LogP contribution in [-0.4, -0.2) is 61.7 Å². The first kappa shape index (κ1) is 24.6. The third-order valence-corrected chi connectivity index (χ3v) is 8.97. The van der Waals surface area contributed by atoms with Crippen molar-refractivity contribution >= 4 is 21.8 Å². The van der Waals surface area contributed by atoms with Crippen molar-refractivity contribution in [3.8, 4) is 11.3 Å². The van der Waals surface area contributed by atoms with Crippen molar-refractivity contribution in [1.29, 1.82) is 0 Å². The molecule has 2 aliphatic heterocycles. The van der Waals surface area contributed by atoms with Crippen LogP contribution in [0.5, 0.6) is 0 Å². The lowest BCUT2D eigenvalue weighted by molar-refractivity contribution is -0.148. The lowest BCUT2D eigenvalue weighted by Crippen LogP contribution is -2.38. The molecule has 184 valence electrons. The van der Waals surface area contributed by atoms with Gasteiger partial charge < -0.3 is 9.64 Å². The zero-order valence-corrected chi connectivity index (χ0v) is 21.1. The lowest BCUT2D eigenvalue weighted by atomic mass is 9.97. The number of rotatable bonds is 6. The molecular weight excluding hydrogens is 452 g/mol. The van der Waals surface area contributed by atoms with Gasteiger partial charge in [-0.1, -0.05) is 19.1 Å². The predicted molar refractivity (Wildman–Crippen MR) is 131 cm³/mol. The van der Waals surface area contributed by atoms with Crippen LogP contribution in [0.4, 0.5) is 5.82 Å². The number of hydrogen-bond acceptors (Lipinski definition) is 7. The molecule has 0 amide bonds. The molecule has 0 saturated carbocycles. The van der Waals surface area contributed by atoms with Crippen molar-refractivity contribution in [1.82, 2.24) is 14.5 Å². The van der Waals surface area contributed by atoms with Crippen LogP contribution < -0.4 is 4.90 Å². The summed E-state index contributed by atoms with van der Waals surface area (Å²) in [6, 6.07) is 9.24. The second kappa shape index (κ2) is 10.4. The fourth-order valence-corrected chi connectivity index (χ4v) is 6.37. The molecule has 0 atom stereocenters. The number of piperidine rings is 2. The summed E-state index contributed by atoms with van der Waals surface area (Å²) in [6.07, 6.45) is 3.25. The van der Waals surface area contributed by atoms with E-state index in [1.54, 1.807) is 10.4 Å². The standard InChI is InChI=1S/C25H34N4O4S/c1-4-33-25(30)20-11-13-28(14-12-20)24-8-7-22(26-27-24)21-6-5-19(3)23(17-21)34(31,32)29-15-9-18(2)10-16-29/h5-8,17-18,20H,4,9-16H2,1-3H3. The molecule has 2 aromatic rings. The second-order valence-electron chi connectivity index (χ2n) is 9.36. The van der Waals surface area contributed by atoms with Crippen LogP contribution in [0.25, 0.3) is 11.3 Å². The first-order valence-corrected chi connectivity index (χ1v) is 13.6. The molecular formula is C25H34N4O4S. The summed E-state index contributed by atoms with van der Waals surface area (Å²) in [5.41, 5.74) is 2.10. The monoisotopic (exact) mass is 486 g/mol. The highest BCUT2D eigenvalue weighted by Gasteiger charge is 2.30. The van der Waals surface area contributed by atoms with Gasteiger partial charge in [-0.15, -0.1) is 10.2 Å². The van der Waals surface area contributed by atoms with E-state index >= 15 is 0 Å². The minimum Gasteiger partial charge on any atom is -0.466 e. The van der Waals surface area contributed by atoms with E-state index in [4.69, 9.17) is 4.74 Å². The van der Waals surface area contributed by atoms with Crippen LogP contribution in [0, 0.1) is 18.8 Å². The van der Waals surface area contributed by atoms with E-state index in [2.05, 4.69) is 22.0 Å². The molecule has 34 heavy (non-hydrogen) atoms. The summed E-state index contributed by atoms with van der Waals surface area (Å²) < 4.78 is 33.4. The smallest absolute Gasteiger partial charge is 0.309 e. The zero-order chi connectivity index (χ0) is 24.3. The Bertz CT molecular complexity index is 1100. The minimum atomic E-state index is -3.55. The van der Waals surface area contributed by atoms with E-state index in [0.717, 1.165) is 55.7 Å². The number of hydrogen-bond donors (Lipinski definition) is 0. The highest BCUT2D eigenvalue weighted by atomic mass is 32.2. The Morgan fingerprint density at radius 2 is 1.74 bits per heavy atom. The van der Waals surface area contributed by atoms with Gasteiger partial charge in [0.05, 0.1) is 23.1 Å². The van der Waals surface area contributed by atoms with Crippen LogP contribution in [0.2, 0.25) is 0 Å². The molecule has 0 bridgehead atoms. The lowest BCUT2D eigenvalue weighted by Gasteiger charge is -2.31. The number of anilines is 1. The zero-order valence-electron chi connectivity index (χ0n) is 20.2. The Labute approximate surface area is 202 Å². The number of aryl methyl sites for hydroxylation is 1. The molecule has 2 aliphatic rings. The number of carbonyl (C=O) groups is 1. The van der Waals surface area contributed by atoms with Gasteiger partial charge in [0.2, 0.25) is 10.0 Å². The maximum absolute atomic E-state index is 13.3. The van der Waals surface area contributed by atoms with Crippen LogP contribution in [0.3, 0.4) is 0 Å². The molecule has 8 nitrogen and oxygen atoms in total. The molecule has 0 spiro atoms. The molecule has 0 radical (unpaired) electrons. The summed E-state index contributed by atoms with van der Waals surface area (Å²) >= 11 is 0. The summed E-state index contributed by atoms with van der Waals surface area (Å²) in [5.74, 6) is 1.14. The molecule has 1 aromatic heterocycles. The van der Waals surface area contributed by atoms with Crippen LogP contribution >= 0.6 is 0 Å². The number of esters is 1. The van der Waals surface area contributed by atoms with E-state index < -0.39 is 10.0 Å². The second-order valence-corrected chi connectivity index (χ2v) is 11.3. The summed E-state index contributed by atoms with van der Waals surface area (Å²) in [6.45, 7) is 8.80. The molecule has 0 aliphatic carbocycles. The quantitative estimate of drug-likeness (QED) is 0.576. The van der Waals surface area contributed by atoms with Crippen LogP contribution in [-0.2, 0) is 19.6 Å². The van der Waals surface area contributed by atoms with E-state index in [-0.39, 0.29) is 11.9 Å². The van der Waals surface area contributed by atoms with Gasteiger partial charge >= 0.3 is 5.97 Å². The molecule has 2 saturated heterocycles. The molecule has 3 heterocycles. The Morgan fingerprint density at radius 1 is 1.03 bits per heavy atom. The summed E-state index contributed by atoms with van der Waals surface area (Å²) in [5, 5.41) is 8.79.